The van der Waals surface area contributed by atoms with Crippen LogP contribution in [-0.2, 0) is 45.9 Å². The fraction of sp³-hybridized carbons (Fsp3) is 0.371. The van der Waals surface area contributed by atoms with Gasteiger partial charge in [0, 0.05) is 16.5 Å². The van der Waals surface area contributed by atoms with Crippen molar-refractivity contribution in [3.63, 3.8) is 0 Å². The van der Waals surface area contributed by atoms with Gasteiger partial charge in [-0.1, -0.05) is 52.0 Å². The maximum Gasteiger partial charge on any atom is 0.343 e. The maximum atomic E-state index is 13.6. The number of pyridine rings is 2. The Labute approximate surface area is 250 Å². The first-order valence-corrected chi connectivity index (χ1v) is 15.0. The number of aryl methyl sites for hydroxylation is 1. The molecule has 6 rings (SSSR count). The van der Waals surface area contributed by atoms with E-state index in [1.54, 1.807) is 23.6 Å². The summed E-state index contributed by atoms with van der Waals surface area (Å²) in [7, 11) is 0. The second-order valence-electron chi connectivity index (χ2n) is 12.0. The van der Waals surface area contributed by atoms with Crippen molar-refractivity contribution in [2.75, 3.05) is 0 Å². The van der Waals surface area contributed by atoms with Gasteiger partial charge in [0.2, 0.25) is 0 Å². The molecule has 8 nitrogen and oxygen atoms in total. The van der Waals surface area contributed by atoms with Crippen molar-refractivity contribution in [3.05, 3.63) is 92.3 Å². The van der Waals surface area contributed by atoms with Crippen molar-refractivity contribution in [2.45, 2.75) is 78.6 Å². The minimum Gasteiger partial charge on any atom is -0.458 e. The standard InChI is InChI=1S/C35H36N2O6/c1-6-24-25-15-23(43-33(39)20(5)22-10-8-21(9-11-22)14-19(3)4)12-13-29(25)36-31-26(24)17-37-30(31)16-28-27(32(37)38)18-42-34(40)35(28,41)7-2/h8-13,15-16,19-20,41H,6-7,14,17-18H2,1-5H3/t20-,35-/m0/s1. The van der Waals surface area contributed by atoms with Gasteiger partial charge in [-0.2, -0.15) is 0 Å². The highest BCUT2D eigenvalue weighted by molar-refractivity contribution is 5.90. The van der Waals surface area contributed by atoms with Gasteiger partial charge in [-0.25, -0.2) is 9.78 Å². The lowest BCUT2D eigenvalue weighted by atomic mass is 9.86. The summed E-state index contributed by atoms with van der Waals surface area (Å²) in [6.45, 7) is 10.1. The molecule has 2 aliphatic heterocycles. The van der Waals surface area contributed by atoms with E-state index >= 15 is 0 Å². The number of aromatic nitrogens is 2. The third-order valence-electron chi connectivity index (χ3n) is 8.83. The second kappa shape index (κ2) is 10.8. The molecule has 222 valence electrons. The Kier molecular flexibility index (Phi) is 7.21. The van der Waals surface area contributed by atoms with Crippen molar-refractivity contribution < 1.29 is 24.2 Å². The van der Waals surface area contributed by atoms with Crippen LogP contribution in [0.1, 0.15) is 80.3 Å². The Morgan fingerprint density at radius 1 is 1.07 bits per heavy atom. The number of nitrogens with zero attached hydrogens (tertiary/aromatic N) is 2. The number of hydrogen-bond acceptors (Lipinski definition) is 7. The summed E-state index contributed by atoms with van der Waals surface area (Å²) in [5, 5.41) is 12.0. The van der Waals surface area contributed by atoms with E-state index in [1.165, 1.54) is 5.56 Å². The molecule has 43 heavy (non-hydrogen) atoms. The molecule has 2 aliphatic rings. The first-order valence-electron chi connectivity index (χ1n) is 15.0. The molecule has 4 heterocycles. The highest BCUT2D eigenvalue weighted by Gasteiger charge is 2.45. The fourth-order valence-electron chi connectivity index (χ4n) is 6.36. The number of hydrogen-bond donors (Lipinski definition) is 1. The predicted molar refractivity (Wildman–Crippen MR) is 163 cm³/mol. The van der Waals surface area contributed by atoms with Gasteiger partial charge in [-0.05, 0) is 73.1 Å². The Hall–Kier alpha value is -4.30. The Morgan fingerprint density at radius 3 is 2.49 bits per heavy atom. The summed E-state index contributed by atoms with van der Waals surface area (Å²) < 4.78 is 12.7. The third-order valence-corrected chi connectivity index (χ3v) is 8.83. The number of benzene rings is 2. The smallest absolute Gasteiger partial charge is 0.343 e. The van der Waals surface area contributed by atoms with Crippen LogP contribution in [0.2, 0.25) is 0 Å². The number of carbonyl (C=O) groups is 2. The number of carbonyl (C=O) groups excluding carboxylic acids is 2. The van der Waals surface area contributed by atoms with Crippen LogP contribution in [0.5, 0.6) is 5.75 Å². The zero-order valence-corrected chi connectivity index (χ0v) is 25.2. The molecule has 0 aliphatic carbocycles. The molecule has 0 amide bonds. The molecule has 0 unspecified atom stereocenters. The van der Waals surface area contributed by atoms with Crippen LogP contribution in [-0.4, -0.2) is 26.6 Å². The Morgan fingerprint density at radius 2 is 1.81 bits per heavy atom. The van der Waals surface area contributed by atoms with E-state index < -0.39 is 17.5 Å². The highest BCUT2D eigenvalue weighted by atomic mass is 16.6. The van der Waals surface area contributed by atoms with Crippen LogP contribution < -0.4 is 10.3 Å². The molecule has 2 atom stereocenters. The van der Waals surface area contributed by atoms with Gasteiger partial charge in [-0.3, -0.25) is 9.59 Å². The largest absolute Gasteiger partial charge is 0.458 e. The van der Waals surface area contributed by atoms with Crippen LogP contribution in [0.3, 0.4) is 0 Å². The predicted octanol–water partition coefficient (Wildman–Crippen LogP) is 5.55. The molecule has 8 heteroatoms. The van der Waals surface area contributed by atoms with E-state index in [1.807, 2.05) is 38.1 Å². The van der Waals surface area contributed by atoms with Crippen LogP contribution in [0, 0.1) is 5.92 Å². The molecule has 0 saturated carbocycles. The summed E-state index contributed by atoms with van der Waals surface area (Å²) in [6.07, 6.45) is 1.75. The molecule has 0 radical (unpaired) electrons. The molecule has 2 aromatic carbocycles. The molecule has 0 fully saturated rings. The van der Waals surface area contributed by atoms with Crippen molar-refractivity contribution in [3.8, 4) is 17.1 Å². The molecular formula is C35H36N2O6. The van der Waals surface area contributed by atoms with E-state index in [2.05, 4.69) is 26.0 Å². The van der Waals surface area contributed by atoms with Crippen molar-refractivity contribution >= 4 is 22.8 Å². The molecule has 2 aromatic heterocycles. The Bertz CT molecular complexity index is 1840. The van der Waals surface area contributed by atoms with E-state index in [-0.39, 0.29) is 24.6 Å². The van der Waals surface area contributed by atoms with E-state index in [0.717, 1.165) is 28.5 Å². The van der Waals surface area contributed by atoms with Crippen LogP contribution in [0.15, 0.2) is 53.3 Å². The zero-order chi connectivity index (χ0) is 30.6. The lowest BCUT2D eigenvalue weighted by Gasteiger charge is -2.31. The quantitative estimate of drug-likeness (QED) is 0.199. The van der Waals surface area contributed by atoms with Crippen LogP contribution >= 0.6 is 0 Å². The second-order valence-corrected chi connectivity index (χ2v) is 12.0. The van der Waals surface area contributed by atoms with Gasteiger partial charge in [0.25, 0.3) is 5.56 Å². The molecule has 4 aromatic rings. The topological polar surface area (TPSA) is 108 Å². The maximum absolute atomic E-state index is 13.6. The van der Waals surface area contributed by atoms with Crippen molar-refractivity contribution in [1.29, 1.82) is 0 Å². The van der Waals surface area contributed by atoms with Gasteiger partial charge >= 0.3 is 11.9 Å². The highest BCUT2D eigenvalue weighted by Crippen LogP contribution is 2.41. The average Bonchev–Trinajstić information content (AvgIpc) is 3.36. The summed E-state index contributed by atoms with van der Waals surface area (Å²) in [5.41, 5.74) is 4.40. The van der Waals surface area contributed by atoms with Gasteiger partial charge in [0.1, 0.15) is 12.4 Å². The number of rotatable bonds is 7. The first-order chi connectivity index (χ1) is 20.5. The third kappa shape index (κ3) is 4.74. The van der Waals surface area contributed by atoms with Crippen LogP contribution in [0.25, 0.3) is 22.3 Å². The SMILES string of the molecule is CCc1c2c(nc3ccc(OC(=O)[C@@H](C)c4ccc(CC(C)C)cc4)cc13)-c1cc3c(c(=O)n1C2)COC(=O)[C@]3(O)CC. The molecule has 1 N–H and O–H groups in total. The van der Waals surface area contributed by atoms with E-state index in [4.69, 9.17) is 14.5 Å². The van der Waals surface area contributed by atoms with Gasteiger partial charge < -0.3 is 19.1 Å². The number of ether oxygens (including phenoxy) is 2. The number of cyclic esters (lactones) is 1. The minimum absolute atomic E-state index is 0.0868. The number of esters is 2. The summed E-state index contributed by atoms with van der Waals surface area (Å²) in [5.74, 6) is -0.522. The summed E-state index contributed by atoms with van der Waals surface area (Å²) in [4.78, 5) is 44.1. The molecule has 0 bridgehead atoms. The number of aliphatic hydroxyl groups is 1. The van der Waals surface area contributed by atoms with E-state index in [0.29, 0.717) is 52.7 Å². The van der Waals surface area contributed by atoms with E-state index in [9.17, 15) is 19.5 Å². The zero-order valence-electron chi connectivity index (χ0n) is 25.2. The average molecular weight is 581 g/mol. The normalized spacial score (nSPS) is 17.8. The lowest BCUT2D eigenvalue weighted by molar-refractivity contribution is -0.172. The van der Waals surface area contributed by atoms with Crippen molar-refractivity contribution in [1.82, 2.24) is 9.55 Å². The Balaban J connectivity index is 1.34. The molecular weight excluding hydrogens is 544 g/mol. The molecule has 0 spiro atoms. The monoisotopic (exact) mass is 580 g/mol. The van der Waals surface area contributed by atoms with Gasteiger partial charge in [0.15, 0.2) is 5.60 Å². The fourth-order valence-corrected chi connectivity index (χ4v) is 6.36. The van der Waals surface area contributed by atoms with Crippen molar-refractivity contribution in [2.24, 2.45) is 5.92 Å². The van der Waals surface area contributed by atoms with Gasteiger partial charge in [-0.15, -0.1) is 0 Å². The summed E-state index contributed by atoms with van der Waals surface area (Å²) >= 11 is 0. The molecule has 0 saturated heterocycles. The van der Waals surface area contributed by atoms with Gasteiger partial charge in [0.05, 0.1) is 34.9 Å². The lowest BCUT2D eigenvalue weighted by Crippen LogP contribution is -2.44. The minimum atomic E-state index is -1.87. The number of fused-ring (bicyclic) bond motifs is 5. The first kappa shape index (κ1) is 28.8. The van der Waals surface area contributed by atoms with Crippen LogP contribution in [0.4, 0.5) is 0 Å². The summed E-state index contributed by atoms with van der Waals surface area (Å²) in [6, 6.07) is 15.2.